The number of amides is 3. The third-order valence-electron chi connectivity index (χ3n) is 7.66. The second-order valence-electron chi connectivity index (χ2n) is 10.7. The van der Waals surface area contributed by atoms with Crippen molar-refractivity contribution in [3.8, 4) is 0 Å². The Morgan fingerprint density at radius 3 is 2.56 bits per heavy atom. The smallest absolute Gasteiger partial charge is 0.346 e. The van der Waals surface area contributed by atoms with Gasteiger partial charge in [-0.1, -0.05) is 12.1 Å². The number of nitrogens with one attached hydrogen (secondary N) is 1. The fourth-order valence-corrected chi connectivity index (χ4v) is 6.14. The highest BCUT2D eigenvalue weighted by Crippen LogP contribution is 2.53. The van der Waals surface area contributed by atoms with Crippen LogP contribution >= 0.6 is 7.82 Å². The number of carbonyl (C=O) groups is 4. The summed E-state index contributed by atoms with van der Waals surface area (Å²) in [6, 6.07) is 7.88. The number of fused-ring (bicyclic) bond motifs is 1. The van der Waals surface area contributed by atoms with Gasteiger partial charge >= 0.3 is 13.7 Å². The molecule has 2 fully saturated rings. The van der Waals surface area contributed by atoms with Crippen molar-refractivity contribution in [1.29, 1.82) is 0 Å². The van der Waals surface area contributed by atoms with Crippen LogP contribution in [0.4, 0.5) is 13.2 Å². The first kappa shape index (κ1) is 30.9. The van der Waals surface area contributed by atoms with E-state index in [9.17, 15) is 36.9 Å². The molecule has 0 spiro atoms. The van der Waals surface area contributed by atoms with E-state index in [1.165, 1.54) is 21.9 Å². The largest absolute Gasteiger partial charge is 0.476 e. The minimum atomic E-state index is -3.93. The van der Waals surface area contributed by atoms with Gasteiger partial charge < -0.3 is 19.9 Å². The number of carbonyl (C=O) groups excluding carboxylic acids is 4. The van der Waals surface area contributed by atoms with E-state index in [1.807, 2.05) is 0 Å². The second-order valence-corrected chi connectivity index (χ2v) is 12.4. The van der Waals surface area contributed by atoms with Crippen LogP contribution in [0, 0.1) is 5.82 Å². The monoisotopic (exact) mass is 623 g/mol. The Balaban J connectivity index is 1.25. The van der Waals surface area contributed by atoms with Crippen LogP contribution in [0.2, 0.25) is 0 Å². The lowest BCUT2D eigenvalue weighted by atomic mass is 9.88. The molecule has 1 saturated carbocycles. The number of aldehydes is 1. The van der Waals surface area contributed by atoms with Crippen molar-refractivity contribution in [2.75, 3.05) is 20.4 Å². The molecule has 0 radical (unpaired) electrons. The normalized spacial score (nSPS) is 21.9. The third kappa shape index (κ3) is 6.37. The molecule has 0 aromatic heterocycles. The first-order chi connectivity index (χ1) is 20.4. The lowest BCUT2D eigenvalue weighted by Crippen LogP contribution is -2.61. The van der Waals surface area contributed by atoms with Gasteiger partial charge in [0.05, 0.1) is 12.6 Å². The Bertz CT molecular complexity index is 1490. The van der Waals surface area contributed by atoms with Crippen molar-refractivity contribution in [2.45, 2.75) is 56.3 Å². The third-order valence-corrected chi connectivity index (χ3v) is 9.10. The van der Waals surface area contributed by atoms with E-state index >= 15 is 0 Å². The van der Waals surface area contributed by atoms with Crippen molar-refractivity contribution in [3.05, 3.63) is 70.5 Å². The van der Waals surface area contributed by atoms with Gasteiger partial charge in [-0.3, -0.25) is 28.0 Å². The van der Waals surface area contributed by atoms with Crippen molar-refractivity contribution >= 4 is 31.8 Å². The molecule has 3 aliphatic rings. The van der Waals surface area contributed by atoms with E-state index in [-0.39, 0.29) is 50.1 Å². The quantitative estimate of drug-likeness (QED) is 0.280. The summed E-state index contributed by atoms with van der Waals surface area (Å²) >= 11 is 0. The Labute approximate surface area is 244 Å². The van der Waals surface area contributed by atoms with Crippen LogP contribution < -0.4 is 5.32 Å². The molecule has 2 heterocycles. The Kier molecular flexibility index (Phi) is 8.50. The highest BCUT2D eigenvalue weighted by Gasteiger charge is 2.49. The molecule has 2 aliphatic heterocycles. The molecule has 2 atom stereocenters. The minimum absolute atomic E-state index is 0.00925. The van der Waals surface area contributed by atoms with Crippen LogP contribution in [0.25, 0.3) is 0 Å². The first-order valence-electron chi connectivity index (χ1n) is 13.5. The molecule has 0 bridgehead atoms. The minimum Gasteiger partial charge on any atom is -0.346 e. The summed E-state index contributed by atoms with van der Waals surface area (Å²) in [5, 5.41) is 2.17. The van der Waals surface area contributed by atoms with Crippen LogP contribution in [0.15, 0.2) is 42.5 Å². The maximum atomic E-state index is 14.6. The number of benzene rings is 2. The summed E-state index contributed by atoms with van der Waals surface area (Å²) in [4.78, 5) is 53.3. The highest BCUT2D eigenvalue weighted by molar-refractivity contribution is 7.48. The average molecular weight is 624 g/mol. The highest BCUT2D eigenvalue weighted by atomic mass is 31.2. The zero-order valence-corrected chi connectivity index (χ0v) is 24.0. The summed E-state index contributed by atoms with van der Waals surface area (Å²) in [5.74, 6) is -7.02. The molecular formula is C28H29F3N3O8P. The molecule has 43 heavy (non-hydrogen) atoms. The average Bonchev–Trinajstić information content (AvgIpc) is 3.75. The van der Waals surface area contributed by atoms with Gasteiger partial charge in [-0.15, -0.1) is 0 Å². The van der Waals surface area contributed by atoms with Crippen LogP contribution in [0.3, 0.4) is 0 Å². The van der Waals surface area contributed by atoms with Crippen LogP contribution in [0.5, 0.6) is 0 Å². The molecule has 1 saturated heterocycles. The summed E-state index contributed by atoms with van der Waals surface area (Å²) in [6.45, 7) is -0.986. The van der Waals surface area contributed by atoms with Crippen LogP contribution in [-0.4, -0.2) is 65.8 Å². The van der Waals surface area contributed by atoms with Gasteiger partial charge in [0.25, 0.3) is 11.8 Å². The molecule has 1 N–H and O–H groups in total. The molecule has 5 rings (SSSR count). The fourth-order valence-electron chi connectivity index (χ4n) is 5.03. The number of phosphoric acid groups is 1. The van der Waals surface area contributed by atoms with E-state index in [0.717, 1.165) is 31.4 Å². The first-order valence-corrected chi connectivity index (χ1v) is 14.9. The summed E-state index contributed by atoms with van der Waals surface area (Å²) in [6.07, 6.45) is 1.74. The van der Waals surface area contributed by atoms with Gasteiger partial charge in [0.1, 0.15) is 24.4 Å². The molecule has 2 unspecified atom stereocenters. The second kappa shape index (κ2) is 11.8. The SMILES string of the molecule is COP(=O)(OCN1CC(C=O)(N2Cc3cc(CNC(=O)C(F)(F)c4ccc(F)cc4)ccc3C2=O)CCC1=O)OC1CC1. The van der Waals surface area contributed by atoms with Crippen LogP contribution in [0.1, 0.15) is 52.7 Å². The number of piperidine rings is 1. The van der Waals surface area contributed by atoms with Gasteiger partial charge in [0.2, 0.25) is 5.91 Å². The number of rotatable bonds is 12. The Hall–Kier alpha value is -3.58. The molecule has 2 aromatic carbocycles. The maximum Gasteiger partial charge on any atom is 0.476 e. The molecule has 230 valence electrons. The van der Waals surface area contributed by atoms with Gasteiger partial charge in [0.15, 0.2) is 0 Å². The fraction of sp³-hybridized carbons (Fsp3) is 0.429. The van der Waals surface area contributed by atoms with Crippen molar-refractivity contribution < 1.29 is 50.5 Å². The lowest BCUT2D eigenvalue weighted by Gasteiger charge is -2.44. The number of hydrogen-bond acceptors (Lipinski definition) is 8. The van der Waals surface area contributed by atoms with E-state index in [4.69, 9.17) is 13.6 Å². The van der Waals surface area contributed by atoms with Gasteiger partial charge in [0, 0.05) is 37.7 Å². The molecule has 11 nitrogen and oxygen atoms in total. The molecular weight excluding hydrogens is 594 g/mol. The van der Waals surface area contributed by atoms with Gasteiger partial charge in [-0.25, -0.2) is 8.96 Å². The van der Waals surface area contributed by atoms with E-state index in [0.29, 0.717) is 30.3 Å². The number of nitrogens with zero attached hydrogens (tertiary/aromatic N) is 2. The molecule has 3 amide bonds. The van der Waals surface area contributed by atoms with Crippen LogP contribution in [-0.2, 0) is 51.5 Å². The zero-order valence-electron chi connectivity index (χ0n) is 23.1. The van der Waals surface area contributed by atoms with Gasteiger partial charge in [-0.05, 0) is 60.7 Å². The van der Waals surface area contributed by atoms with Gasteiger partial charge in [-0.2, -0.15) is 8.78 Å². The summed E-state index contributed by atoms with van der Waals surface area (Å²) < 4.78 is 70.5. The number of alkyl halides is 2. The number of phosphoric ester groups is 1. The maximum absolute atomic E-state index is 14.6. The van der Waals surface area contributed by atoms with E-state index in [2.05, 4.69) is 5.32 Å². The lowest BCUT2D eigenvalue weighted by molar-refractivity contribution is -0.147. The Morgan fingerprint density at radius 2 is 1.91 bits per heavy atom. The zero-order chi connectivity index (χ0) is 31.0. The number of hydrogen-bond donors (Lipinski definition) is 1. The standard InChI is InChI=1S/C28H29F3N3O8P/c1-40-43(39,42-22-7-8-22)41-17-33-15-27(16-35,11-10-24(33)36)34-14-19-12-18(2-9-23(19)25(34)37)13-32-26(38)28(30,31)20-3-5-21(29)6-4-20/h2-6,9,12,16,22H,7-8,10-11,13-15,17H2,1H3,(H,32,38). The molecule has 2 aromatic rings. The number of halogens is 3. The van der Waals surface area contributed by atoms with Crippen molar-refractivity contribution in [1.82, 2.24) is 15.1 Å². The predicted molar refractivity (Wildman–Crippen MR) is 143 cm³/mol. The summed E-state index contributed by atoms with van der Waals surface area (Å²) in [5.41, 5.74) is -0.852. The molecule has 15 heteroatoms. The Morgan fingerprint density at radius 1 is 1.19 bits per heavy atom. The topological polar surface area (TPSA) is 132 Å². The van der Waals surface area contributed by atoms with E-state index < -0.39 is 49.2 Å². The van der Waals surface area contributed by atoms with Crippen molar-refractivity contribution in [3.63, 3.8) is 0 Å². The predicted octanol–water partition coefficient (Wildman–Crippen LogP) is 3.66. The van der Waals surface area contributed by atoms with Crippen molar-refractivity contribution in [2.24, 2.45) is 0 Å². The number of likely N-dealkylation sites (tertiary alicyclic amines) is 1. The summed E-state index contributed by atoms with van der Waals surface area (Å²) in [7, 11) is -2.77. The van der Waals surface area contributed by atoms with E-state index in [1.54, 1.807) is 6.07 Å². The molecule has 1 aliphatic carbocycles.